The Morgan fingerprint density at radius 3 is 2.59 bits per heavy atom. The van der Waals surface area contributed by atoms with Crippen molar-refractivity contribution in [2.45, 2.75) is 39.0 Å². The molecule has 0 radical (unpaired) electrons. The van der Waals surface area contributed by atoms with E-state index >= 15 is 0 Å². The summed E-state index contributed by atoms with van der Waals surface area (Å²) in [7, 11) is 3.65. The summed E-state index contributed by atoms with van der Waals surface area (Å²) >= 11 is 0. The van der Waals surface area contributed by atoms with Crippen LogP contribution in [0.2, 0.25) is 0 Å². The Hall–Kier alpha value is -1.51. The molecule has 7 heteroatoms. The SMILES string of the molecule is C=C(C)CNC(=NCC1(C(=O)N(C)C)CCCC1)NCCc1ccco1.I. The molecule has 0 bridgehead atoms. The summed E-state index contributed by atoms with van der Waals surface area (Å²) < 4.78 is 5.36. The monoisotopic (exact) mass is 488 g/mol. The van der Waals surface area contributed by atoms with E-state index in [1.807, 2.05) is 33.2 Å². The number of carbonyl (C=O) groups is 1. The fraction of sp³-hybridized carbons (Fsp3) is 0.600. The van der Waals surface area contributed by atoms with Gasteiger partial charge in [-0.1, -0.05) is 25.0 Å². The summed E-state index contributed by atoms with van der Waals surface area (Å²) in [6.45, 7) is 7.78. The number of halogens is 1. The van der Waals surface area contributed by atoms with Gasteiger partial charge in [-0.15, -0.1) is 24.0 Å². The molecule has 1 saturated carbocycles. The molecule has 152 valence electrons. The van der Waals surface area contributed by atoms with Crippen LogP contribution >= 0.6 is 24.0 Å². The molecule has 1 aliphatic carbocycles. The number of aliphatic imine (C=N–C) groups is 1. The van der Waals surface area contributed by atoms with Gasteiger partial charge in [0.1, 0.15) is 5.76 Å². The van der Waals surface area contributed by atoms with Crippen molar-refractivity contribution < 1.29 is 9.21 Å². The van der Waals surface area contributed by atoms with Crippen LogP contribution in [-0.4, -0.2) is 50.5 Å². The topological polar surface area (TPSA) is 69.9 Å². The fourth-order valence-electron chi connectivity index (χ4n) is 3.36. The lowest BCUT2D eigenvalue weighted by Crippen LogP contribution is -2.43. The number of nitrogens with zero attached hydrogens (tertiary/aromatic N) is 2. The van der Waals surface area contributed by atoms with Gasteiger partial charge in [0.2, 0.25) is 5.91 Å². The van der Waals surface area contributed by atoms with E-state index in [9.17, 15) is 4.79 Å². The van der Waals surface area contributed by atoms with Crippen molar-refractivity contribution in [1.29, 1.82) is 0 Å². The Morgan fingerprint density at radius 1 is 1.33 bits per heavy atom. The van der Waals surface area contributed by atoms with Crippen molar-refractivity contribution in [3.8, 4) is 0 Å². The highest BCUT2D eigenvalue weighted by Gasteiger charge is 2.42. The molecule has 1 fully saturated rings. The first kappa shape index (κ1) is 23.5. The molecule has 1 aromatic rings. The molecule has 1 aromatic heterocycles. The van der Waals surface area contributed by atoms with Gasteiger partial charge in [0.25, 0.3) is 0 Å². The van der Waals surface area contributed by atoms with Crippen LogP contribution in [-0.2, 0) is 11.2 Å². The van der Waals surface area contributed by atoms with Crippen LogP contribution in [0, 0.1) is 5.41 Å². The first-order valence-electron chi connectivity index (χ1n) is 9.34. The molecule has 1 amide bonds. The number of furan rings is 1. The van der Waals surface area contributed by atoms with E-state index in [1.165, 1.54) is 0 Å². The number of hydrogen-bond donors (Lipinski definition) is 2. The van der Waals surface area contributed by atoms with Crippen molar-refractivity contribution in [2.24, 2.45) is 10.4 Å². The van der Waals surface area contributed by atoms with E-state index in [2.05, 4.69) is 17.2 Å². The summed E-state index contributed by atoms with van der Waals surface area (Å²) in [6.07, 6.45) is 6.47. The quantitative estimate of drug-likeness (QED) is 0.255. The molecule has 2 rings (SSSR count). The van der Waals surface area contributed by atoms with Crippen LogP contribution in [0.4, 0.5) is 0 Å². The molecular formula is C20H33IN4O2. The molecular weight excluding hydrogens is 455 g/mol. The number of hydrogen-bond acceptors (Lipinski definition) is 3. The van der Waals surface area contributed by atoms with Crippen LogP contribution in [0.15, 0.2) is 40.0 Å². The molecule has 0 aromatic carbocycles. The summed E-state index contributed by atoms with van der Waals surface area (Å²) in [6, 6.07) is 3.85. The highest BCUT2D eigenvalue weighted by atomic mass is 127. The zero-order valence-corrected chi connectivity index (χ0v) is 19.0. The normalized spacial score (nSPS) is 15.7. The molecule has 0 unspecified atom stereocenters. The number of guanidine groups is 1. The Morgan fingerprint density at radius 2 is 2.04 bits per heavy atom. The summed E-state index contributed by atoms with van der Waals surface area (Å²) in [4.78, 5) is 19.2. The number of nitrogens with one attached hydrogen (secondary N) is 2. The van der Waals surface area contributed by atoms with Gasteiger partial charge < -0.3 is 20.0 Å². The minimum Gasteiger partial charge on any atom is -0.469 e. The highest BCUT2D eigenvalue weighted by molar-refractivity contribution is 14.0. The van der Waals surface area contributed by atoms with Gasteiger partial charge in [-0.25, -0.2) is 0 Å². The lowest BCUT2D eigenvalue weighted by Gasteiger charge is -2.29. The first-order chi connectivity index (χ1) is 12.4. The standard InChI is InChI=1S/C20H32N4O2.HI/c1-16(2)14-22-19(21-12-9-17-8-7-13-26-17)23-15-20(10-5-6-11-20)18(25)24(3)4;/h7-8,13H,1,5-6,9-12,14-15H2,2-4H3,(H2,21,22,23);1H. The minimum absolute atomic E-state index is 0. The van der Waals surface area contributed by atoms with Crippen molar-refractivity contribution in [1.82, 2.24) is 15.5 Å². The maximum Gasteiger partial charge on any atom is 0.230 e. The smallest absolute Gasteiger partial charge is 0.230 e. The largest absolute Gasteiger partial charge is 0.469 e. The second kappa shape index (κ2) is 11.4. The molecule has 6 nitrogen and oxygen atoms in total. The van der Waals surface area contributed by atoms with Crippen molar-refractivity contribution in [3.63, 3.8) is 0 Å². The zero-order valence-electron chi connectivity index (χ0n) is 16.7. The third-order valence-corrected chi connectivity index (χ3v) is 4.76. The van der Waals surface area contributed by atoms with Gasteiger partial charge in [0.05, 0.1) is 18.2 Å². The van der Waals surface area contributed by atoms with E-state index in [4.69, 9.17) is 9.41 Å². The molecule has 0 aliphatic heterocycles. The molecule has 27 heavy (non-hydrogen) atoms. The van der Waals surface area contributed by atoms with Gasteiger partial charge in [-0.05, 0) is 31.9 Å². The highest BCUT2D eigenvalue weighted by Crippen LogP contribution is 2.39. The van der Waals surface area contributed by atoms with Gasteiger partial charge in [-0.3, -0.25) is 9.79 Å². The molecule has 1 heterocycles. The fourth-order valence-corrected chi connectivity index (χ4v) is 3.36. The van der Waals surface area contributed by atoms with E-state index in [-0.39, 0.29) is 35.3 Å². The maximum absolute atomic E-state index is 12.7. The third-order valence-electron chi connectivity index (χ3n) is 4.76. The van der Waals surface area contributed by atoms with Crippen LogP contribution in [0.25, 0.3) is 0 Å². The summed E-state index contributed by atoms with van der Waals surface area (Å²) in [5, 5.41) is 6.63. The lowest BCUT2D eigenvalue weighted by atomic mass is 9.85. The zero-order chi connectivity index (χ0) is 19.0. The average molecular weight is 488 g/mol. The van der Waals surface area contributed by atoms with Gasteiger partial charge in [0.15, 0.2) is 5.96 Å². The lowest BCUT2D eigenvalue weighted by molar-refractivity contribution is -0.138. The van der Waals surface area contributed by atoms with Crippen LogP contribution in [0.3, 0.4) is 0 Å². The number of rotatable bonds is 8. The maximum atomic E-state index is 12.7. The molecule has 0 saturated heterocycles. The third kappa shape index (κ3) is 7.20. The average Bonchev–Trinajstić information content (AvgIpc) is 3.28. The summed E-state index contributed by atoms with van der Waals surface area (Å²) in [5.41, 5.74) is 0.674. The van der Waals surface area contributed by atoms with Crippen LogP contribution in [0.5, 0.6) is 0 Å². The Balaban J connectivity index is 0.00000364. The van der Waals surface area contributed by atoms with E-state index in [0.717, 1.165) is 49.4 Å². The first-order valence-corrected chi connectivity index (χ1v) is 9.34. The minimum atomic E-state index is -0.359. The second-order valence-corrected chi connectivity index (χ2v) is 7.42. The van der Waals surface area contributed by atoms with Crippen LogP contribution in [0.1, 0.15) is 38.4 Å². The van der Waals surface area contributed by atoms with Gasteiger partial charge >= 0.3 is 0 Å². The Labute approximate surface area is 179 Å². The Kier molecular flexibility index (Phi) is 9.90. The van der Waals surface area contributed by atoms with Gasteiger partial charge in [-0.2, -0.15) is 0 Å². The number of carbonyl (C=O) groups excluding carboxylic acids is 1. The van der Waals surface area contributed by atoms with Crippen molar-refractivity contribution in [3.05, 3.63) is 36.3 Å². The predicted octanol–water partition coefficient (Wildman–Crippen LogP) is 3.20. The molecule has 0 spiro atoms. The van der Waals surface area contributed by atoms with Gasteiger partial charge in [0, 0.05) is 33.6 Å². The Bertz CT molecular complexity index is 620. The van der Waals surface area contributed by atoms with Crippen molar-refractivity contribution in [2.75, 3.05) is 33.7 Å². The molecule has 1 aliphatic rings. The second-order valence-electron chi connectivity index (χ2n) is 7.42. The van der Waals surface area contributed by atoms with E-state index in [0.29, 0.717) is 19.6 Å². The molecule has 0 atom stereocenters. The van der Waals surface area contributed by atoms with E-state index in [1.54, 1.807) is 11.2 Å². The predicted molar refractivity (Wildman–Crippen MR) is 121 cm³/mol. The van der Waals surface area contributed by atoms with Crippen LogP contribution < -0.4 is 10.6 Å². The van der Waals surface area contributed by atoms with E-state index < -0.39 is 0 Å². The van der Waals surface area contributed by atoms with Crippen molar-refractivity contribution >= 4 is 35.8 Å². The molecule has 2 N–H and O–H groups in total. The summed E-state index contributed by atoms with van der Waals surface area (Å²) in [5.74, 6) is 1.85. The number of amides is 1.